The van der Waals surface area contributed by atoms with Crippen LogP contribution >= 0.6 is 0 Å². The highest BCUT2D eigenvalue weighted by Crippen LogP contribution is 2.26. The van der Waals surface area contributed by atoms with E-state index in [1.807, 2.05) is 4.90 Å². The van der Waals surface area contributed by atoms with Crippen LogP contribution in [-0.2, 0) is 4.79 Å². The van der Waals surface area contributed by atoms with Crippen LogP contribution in [0, 0.1) is 11.3 Å². The van der Waals surface area contributed by atoms with Crippen molar-refractivity contribution in [2.24, 2.45) is 11.3 Å². The molecular formula is C14H28N2O. The first-order valence-electron chi connectivity index (χ1n) is 6.79. The van der Waals surface area contributed by atoms with Crippen LogP contribution in [0.5, 0.6) is 0 Å². The molecule has 1 amide bonds. The Bertz CT molecular complexity index is 257. The summed E-state index contributed by atoms with van der Waals surface area (Å²) in [5, 5.41) is 3.36. The van der Waals surface area contributed by atoms with Crippen LogP contribution in [-0.4, -0.2) is 36.5 Å². The van der Waals surface area contributed by atoms with E-state index in [9.17, 15) is 4.79 Å². The Morgan fingerprint density at radius 3 is 2.65 bits per heavy atom. The first kappa shape index (κ1) is 14.5. The topological polar surface area (TPSA) is 32.3 Å². The lowest BCUT2D eigenvalue weighted by Gasteiger charge is -2.33. The molecule has 3 heteroatoms. The van der Waals surface area contributed by atoms with E-state index in [2.05, 4.69) is 39.9 Å². The summed E-state index contributed by atoms with van der Waals surface area (Å²) >= 11 is 0. The first-order chi connectivity index (χ1) is 7.78. The molecule has 1 rings (SSSR count). The van der Waals surface area contributed by atoms with Crippen molar-refractivity contribution in [3.05, 3.63) is 0 Å². The molecule has 1 aliphatic heterocycles. The number of carbonyl (C=O) groups excluding carboxylic acids is 1. The summed E-state index contributed by atoms with van der Waals surface area (Å²) in [5.41, 5.74) is 0.316. The number of amides is 1. The zero-order valence-electron chi connectivity index (χ0n) is 12.0. The molecule has 17 heavy (non-hydrogen) atoms. The predicted molar refractivity (Wildman–Crippen MR) is 71.9 cm³/mol. The molecule has 0 aliphatic carbocycles. The fourth-order valence-corrected chi connectivity index (χ4v) is 2.70. The predicted octanol–water partition coefficient (Wildman–Crippen LogP) is 2.27. The highest BCUT2D eigenvalue weighted by molar-refractivity contribution is 5.76. The Morgan fingerprint density at radius 1 is 1.47 bits per heavy atom. The molecule has 3 nitrogen and oxygen atoms in total. The molecule has 0 bridgehead atoms. The second-order valence-electron chi connectivity index (χ2n) is 6.77. The summed E-state index contributed by atoms with van der Waals surface area (Å²) < 4.78 is 0. The third kappa shape index (κ3) is 5.53. The fourth-order valence-electron chi connectivity index (χ4n) is 2.70. The third-order valence-electron chi connectivity index (χ3n) is 3.21. The van der Waals surface area contributed by atoms with Gasteiger partial charge in [-0.05, 0) is 24.7 Å². The van der Waals surface area contributed by atoms with Crippen molar-refractivity contribution in [3.8, 4) is 0 Å². The number of nitrogens with one attached hydrogen (secondary N) is 1. The minimum atomic E-state index is 0.316. The van der Waals surface area contributed by atoms with E-state index < -0.39 is 0 Å². The summed E-state index contributed by atoms with van der Waals surface area (Å²) in [6.07, 6.45) is 1.81. The van der Waals surface area contributed by atoms with E-state index in [0.29, 0.717) is 29.7 Å². The van der Waals surface area contributed by atoms with Gasteiger partial charge < -0.3 is 10.2 Å². The van der Waals surface area contributed by atoms with Crippen molar-refractivity contribution in [3.63, 3.8) is 0 Å². The Hall–Kier alpha value is -0.570. The van der Waals surface area contributed by atoms with Crippen molar-refractivity contribution in [2.75, 3.05) is 19.6 Å². The number of carbonyl (C=O) groups is 1. The first-order valence-corrected chi connectivity index (χ1v) is 6.79. The van der Waals surface area contributed by atoms with Gasteiger partial charge in [-0.3, -0.25) is 4.79 Å². The van der Waals surface area contributed by atoms with Crippen molar-refractivity contribution >= 4 is 5.91 Å². The van der Waals surface area contributed by atoms with Gasteiger partial charge in [0.05, 0.1) is 0 Å². The zero-order chi connectivity index (χ0) is 13.1. The molecule has 1 saturated heterocycles. The lowest BCUT2D eigenvalue weighted by Crippen LogP contribution is -2.51. The molecule has 0 aromatic rings. The van der Waals surface area contributed by atoms with Crippen molar-refractivity contribution in [1.29, 1.82) is 0 Å². The van der Waals surface area contributed by atoms with Gasteiger partial charge in [-0.1, -0.05) is 27.7 Å². The fraction of sp³-hybridized carbons (Fsp3) is 0.929. The maximum atomic E-state index is 12.1. The second-order valence-corrected chi connectivity index (χ2v) is 6.77. The van der Waals surface area contributed by atoms with Crippen LogP contribution in [0.15, 0.2) is 0 Å². The molecule has 1 aliphatic rings. The van der Waals surface area contributed by atoms with Crippen LogP contribution in [0.4, 0.5) is 0 Å². The number of piperazine rings is 1. The Labute approximate surface area is 106 Å². The van der Waals surface area contributed by atoms with Crippen LogP contribution in [0.3, 0.4) is 0 Å². The summed E-state index contributed by atoms with van der Waals surface area (Å²) in [5.74, 6) is 0.808. The van der Waals surface area contributed by atoms with Crippen molar-refractivity contribution in [1.82, 2.24) is 10.2 Å². The maximum absolute atomic E-state index is 12.1. The Kier molecular flexibility index (Phi) is 4.99. The van der Waals surface area contributed by atoms with E-state index >= 15 is 0 Å². The highest BCUT2D eigenvalue weighted by atomic mass is 16.2. The van der Waals surface area contributed by atoms with E-state index in [1.165, 1.54) is 0 Å². The second kappa shape index (κ2) is 5.85. The zero-order valence-corrected chi connectivity index (χ0v) is 12.0. The average molecular weight is 240 g/mol. The summed E-state index contributed by atoms with van der Waals surface area (Å²) in [6, 6.07) is 0.436. The van der Waals surface area contributed by atoms with E-state index in [4.69, 9.17) is 0 Å². The van der Waals surface area contributed by atoms with Gasteiger partial charge in [0.25, 0.3) is 0 Å². The molecule has 0 aromatic carbocycles. The molecule has 0 unspecified atom stereocenters. The Balaban J connectivity index is 2.38. The van der Waals surface area contributed by atoms with Gasteiger partial charge in [0.1, 0.15) is 0 Å². The smallest absolute Gasteiger partial charge is 0.222 e. The third-order valence-corrected chi connectivity index (χ3v) is 3.21. The number of hydrogen-bond donors (Lipinski definition) is 1. The molecule has 0 aromatic heterocycles. The number of nitrogens with zero attached hydrogens (tertiary/aromatic N) is 1. The van der Waals surface area contributed by atoms with Gasteiger partial charge in [0, 0.05) is 32.1 Å². The summed E-state index contributed by atoms with van der Waals surface area (Å²) in [4.78, 5) is 14.2. The monoisotopic (exact) mass is 240 g/mol. The molecule has 100 valence electrons. The molecule has 0 spiro atoms. The van der Waals surface area contributed by atoms with E-state index in [0.717, 1.165) is 26.1 Å². The summed E-state index contributed by atoms with van der Waals surface area (Å²) in [7, 11) is 0. The summed E-state index contributed by atoms with van der Waals surface area (Å²) in [6.45, 7) is 13.7. The van der Waals surface area contributed by atoms with Crippen LogP contribution < -0.4 is 5.32 Å². The van der Waals surface area contributed by atoms with Gasteiger partial charge in [-0.2, -0.15) is 0 Å². The van der Waals surface area contributed by atoms with Gasteiger partial charge in [-0.15, -0.1) is 0 Å². The van der Waals surface area contributed by atoms with Gasteiger partial charge in [-0.25, -0.2) is 0 Å². The highest BCUT2D eigenvalue weighted by Gasteiger charge is 2.23. The number of hydrogen-bond acceptors (Lipinski definition) is 2. The van der Waals surface area contributed by atoms with Gasteiger partial charge in [0.2, 0.25) is 5.91 Å². The molecule has 2 atom stereocenters. The molecule has 1 N–H and O–H groups in total. The largest absolute Gasteiger partial charge is 0.340 e. The van der Waals surface area contributed by atoms with Crippen molar-refractivity contribution in [2.45, 2.75) is 53.5 Å². The minimum absolute atomic E-state index is 0.316. The molecule has 0 radical (unpaired) electrons. The quantitative estimate of drug-likeness (QED) is 0.821. The average Bonchev–Trinajstić information content (AvgIpc) is 2.14. The standard InChI is InChI=1S/C14H28N2O/c1-11(9-14(3,4)5)8-13(17)16-7-6-15-12(2)10-16/h11-12,15H,6-10H2,1-5H3/t11-,12+/m1/s1. The SMILES string of the molecule is C[C@H](CC(=O)N1CCN[C@@H](C)C1)CC(C)(C)C. The van der Waals surface area contributed by atoms with Gasteiger partial charge in [0.15, 0.2) is 0 Å². The van der Waals surface area contributed by atoms with Gasteiger partial charge >= 0.3 is 0 Å². The van der Waals surface area contributed by atoms with Crippen LogP contribution in [0.1, 0.15) is 47.5 Å². The molecule has 1 heterocycles. The minimum Gasteiger partial charge on any atom is -0.340 e. The van der Waals surface area contributed by atoms with Crippen molar-refractivity contribution < 1.29 is 4.79 Å². The number of rotatable bonds is 3. The van der Waals surface area contributed by atoms with Crippen LogP contribution in [0.25, 0.3) is 0 Å². The molecular weight excluding hydrogens is 212 g/mol. The molecule has 0 saturated carbocycles. The lowest BCUT2D eigenvalue weighted by molar-refractivity contribution is -0.133. The maximum Gasteiger partial charge on any atom is 0.222 e. The van der Waals surface area contributed by atoms with E-state index in [1.54, 1.807) is 0 Å². The normalized spacial score (nSPS) is 23.6. The van der Waals surface area contributed by atoms with Crippen LogP contribution in [0.2, 0.25) is 0 Å². The Morgan fingerprint density at radius 2 is 2.12 bits per heavy atom. The lowest BCUT2D eigenvalue weighted by atomic mass is 9.84. The van der Waals surface area contributed by atoms with E-state index in [-0.39, 0.29) is 0 Å². The molecule has 1 fully saturated rings.